The number of nitrogens with two attached hydrogens (primary N) is 1. The van der Waals surface area contributed by atoms with Crippen LogP contribution in [0.15, 0.2) is 12.1 Å². The van der Waals surface area contributed by atoms with E-state index in [4.69, 9.17) is 5.73 Å². The summed E-state index contributed by atoms with van der Waals surface area (Å²) >= 11 is 1.13. The third-order valence-corrected chi connectivity index (χ3v) is 3.74. The number of nitrogen functional groups attached to an aromatic ring is 1. The summed E-state index contributed by atoms with van der Waals surface area (Å²) in [6.45, 7) is 2.06. The molecule has 0 radical (unpaired) electrons. The van der Waals surface area contributed by atoms with Crippen molar-refractivity contribution in [1.29, 1.82) is 0 Å². The Morgan fingerprint density at radius 1 is 1.56 bits per heavy atom. The van der Waals surface area contributed by atoms with E-state index in [1.807, 2.05) is 0 Å². The van der Waals surface area contributed by atoms with Gasteiger partial charge in [-0.25, -0.2) is 0 Å². The van der Waals surface area contributed by atoms with E-state index in [0.717, 1.165) is 40.3 Å². The Bertz CT molecular complexity index is 588. The first-order valence-electron chi connectivity index (χ1n) is 5.60. The van der Waals surface area contributed by atoms with Gasteiger partial charge < -0.3 is 5.73 Å². The molecule has 18 heavy (non-hydrogen) atoms. The third-order valence-electron chi connectivity index (χ3n) is 2.70. The molecule has 0 aromatic carbocycles. The SMILES string of the molecule is CCCc1c(-c2ccc([N+](=O)[O-])s2)nn(C)c1N. The molecule has 2 heterocycles. The second-order valence-electron chi connectivity index (χ2n) is 3.98. The number of nitro groups is 1. The van der Waals surface area contributed by atoms with Crippen molar-refractivity contribution in [2.75, 3.05) is 5.73 Å². The normalized spacial score (nSPS) is 10.8. The van der Waals surface area contributed by atoms with E-state index in [2.05, 4.69) is 12.0 Å². The molecular weight excluding hydrogens is 252 g/mol. The fourth-order valence-electron chi connectivity index (χ4n) is 1.83. The van der Waals surface area contributed by atoms with Gasteiger partial charge in [0.2, 0.25) is 0 Å². The predicted molar refractivity (Wildman–Crippen MR) is 71.6 cm³/mol. The minimum Gasteiger partial charge on any atom is -0.384 e. The maximum atomic E-state index is 10.7. The van der Waals surface area contributed by atoms with E-state index in [1.165, 1.54) is 6.07 Å². The molecule has 0 aliphatic rings. The van der Waals surface area contributed by atoms with Crippen LogP contribution in [0.2, 0.25) is 0 Å². The molecule has 0 aliphatic carbocycles. The summed E-state index contributed by atoms with van der Waals surface area (Å²) in [6, 6.07) is 3.23. The van der Waals surface area contributed by atoms with Crippen molar-refractivity contribution in [3.05, 3.63) is 27.8 Å². The molecule has 0 spiro atoms. The summed E-state index contributed by atoms with van der Waals surface area (Å²) in [7, 11) is 1.78. The molecule has 0 saturated carbocycles. The highest BCUT2D eigenvalue weighted by atomic mass is 32.1. The molecule has 2 aromatic heterocycles. The average Bonchev–Trinajstić information content (AvgIpc) is 2.90. The molecule has 96 valence electrons. The van der Waals surface area contributed by atoms with Gasteiger partial charge in [0.05, 0.1) is 9.80 Å². The maximum Gasteiger partial charge on any atom is 0.324 e. The van der Waals surface area contributed by atoms with Gasteiger partial charge in [0.15, 0.2) is 0 Å². The number of hydrogen-bond donors (Lipinski definition) is 1. The zero-order valence-corrected chi connectivity index (χ0v) is 11.0. The topological polar surface area (TPSA) is 87.0 Å². The van der Waals surface area contributed by atoms with E-state index >= 15 is 0 Å². The molecule has 0 atom stereocenters. The molecule has 0 aliphatic heterocycles. The van der Waals surface area contributed by atoms with E-state index in [-0.39, 0.29) is 9.92 Å². The summed E-state index contributed by atoms with van der Waals surface area (Å²) in [6.07, 6.45) is 1.77. The lowest BCUT2D eigenvalue weighted by Gasteiger charge is -1.99. The first kappa shape index (κ1) is 12.6. The van der Waals surface area contributed by atoms with Crippen molar-refractivity contribution in [2.24, 2.45) is 7.05 Å². The standard InChI is InChI=1S/C11H14N4O2S/c1-3-4-7-10(13-14(2)11(7)12)8-5-6-9(18-8)15(16)17/h5-6H,3-4,12H2,1-2H3. The van der Waals surface area contributed by atoms with E-state index in [1.54, 1.807) is 17.8 Å². The zero-order valence-electron chi connectivity index (χ0n) is 10.2. The van der Waals surface area contributed by atoms with Crippen LogP contribution in [0.4, 0.5) is 10.8 Å². The highest BCUT2D eigenvalue weighted by molar-refractivity contribution is 7.18. The Balaban J connectivity index is 2.48. The minimum atomic E-state index is -0.389. The monoisotopic (exact) mass is 266 g/mol. The molecular formula is C11H14N4O2S. The van der Waals surface area contributed by atoms with Crippen molar-refractivity contribution >= 4 is 22.2 Å². The fraction of sp³-hybridized carbons (Fsp3) is 0.364. The number of nitrogens with zero attached hydrogens (tertiary/aromatic N) is 3. The van der Waals surface area contributed by atoms with Crippen molar-refractivity contribution in [1.82, 2.24) is 9.78 Å². The number of aryl methyl sites for hydroxylation is 1. The smallest absolute Gasteiger partial charge is 0.324 e. The highest BCUT2D eigenvalue weighted by Crippen LogP contribution is 2.35. The van der Waals surface area contributed by atoms with Crippen LogP contribution in [-0.2, 0) is 13.5 Å². The molecule has 0 bridgehead atoms. The molecule has 0 fully saturated rings. The number of anilines is 1. The lowest BCUT2D eigenvalue weighted by atomic mass is 10.1. The first-order valence-corrected chi connectivity index (χ1v) is 6.42. The highest BCUT2D eigenvalue weighted by Gasteiger charge is 2.19. The molecule has 7 heteroatoms. The van der Waals surface area contributed by atoms with Gasteiger partial charge in [-0.05, 0) is 12.5 Å². The number of thiophene rings is 1. The Hall–Kier alpha value is -1.89. The number of hydrogen-bond acceptors (Lipinski definition) is 5. The summed E-state index contributed by atoms with van der Waals surface area (Å²) in [5.41, 5.74) is 7.69. The van der Waals surface area contributed by atoms with Gasteiger partial charge in [-0.1, -0.05) is 24.7 Å². The second-order valence-corrected chi connectivity index (χ2v) is 5.04. The van der Waals surface area contributed by atoms with Crippen LogP contribution in [0.3, 0.4) is 0 Å². The zero-order chi connectivity index (χ0) is 13.3. The van der Waals surface area contributed by atoms with Crippen LogP contribution in [0.25, 0.3) is 10.6 Å². The van der Waals surface area contributed by atoms with Gasteiger partial charge in [-0.3, -0.25) is 14.8 Å². The van der Waals surface area contributed by atoms with Crippen molar-refractivity contribution < 1.29 is 4.92 Å². The molecule has 2 aromatic rings. The Morgan fingerprint density at radius 2 is 2.28 bits per heavy atom. The van der Waals surface area contributed by atoms with E-state index in [9.17, 15) is 10.1 Å². The van der Waals surface area contributed by atoms with Crippen LogP contribution in [0, 0.1) is 10.1 Å². The third kappa shape index (κ3) is 2.08. The van der Waals surface area contributed by atoms with Crippen LogP contribution in [0.1, 0.15) is 18.9 Å². The predicted octanol–water partition coefficient (Wildman–Crippen LogP) is 2.59. The van der Waals surface area contributed by atoms with Crippen LogP contribution >= 0.6 is 11.3 Å². The van der Waals surface area contributed by atoms with Gasteiger partial charge in [0.25, 0.3) is 0 Å². The Kier molecular flexibility index (Phi) is 3.33. The quantitative estimate of drug-likeness (QED) is 0.680. The van der Waals surface area contributed by atoms with Gasteiger partial charge >= 0.3 is 5.00 Å². The maximum absolute atomic E-state index is 10.7. The molecule has 6 nitrogen and oxygen atoms in total. The summed E-state index contributed by atoms with van der Waals surface area (Å²) < 4.78 is 1.62. The minimum absolute atomic E-state index is 0.122. The molecule has 0 unspecified atom stereocenters. The summed E-state index contributed by atoms with van der Waals surface area (Å²) in [4.78, 5) is 11.1. The van der Waals surface area contributed by atoms with Gasteiger partial charge in [-0.2, -0.15) is 5.10 Å². The molecule has 2 rings (SSSR count). The lowest BCUT2D eigenvalue weighted by Crippen LogP contribution is -1.99. The molecule has 2 N–H and O–H groups in total. The van der Waals surface area contributed by atoms with Crippen LogP contribution in [-0.4, -0.2) is 14.7 Å². The van der Waals surface area contributed by atoms with E-state index in [0.29, 0.717) is 5.82 Å². The molecule has 0 amide bonds. The number of rotatable bonds is 4. The average molecular weight is 266 g/mol. The summed E-state index contributed by atoms with van der Waals surface area (Å²) in [5.74, 6) is 0.628. The van der Waals surface area contributed by atoms with Crippen molar-refractivity contribution in [3.8, 4) is 10.6 Å². The Labute approximate surface area is 108 Å². The lowest BCUT2D eigenvalue weighted by molar-refractivity contribution is -0.380. The van der Waals surface area contributed by atoms with Crippen LogP contribution in [0.5, 0.6) is 0 Å². The van der Waals surface area contributed by atoms with Gasteiger partial charge in [0.1, 0.15) is 11.5 Å². The first-order chi connectivity index (χ1) is 8.54. The van der Waals surface area contributed by atoms with Crippen molar-refractivity contribution in [3.63, 3.8) is 0 Å². The van der Waals surface area contributed by atoms with Gasteiger partial charge in [0, 0.05) is 18.7 Å². The molecule has 0 saturated heterocycles. The largest absolute Gasteiger partial charge is 0.384 e. The van der Waals surface area contributed by atoms with Crippen LogP contribution < -0.4 is 5.73 Å². The number of aromatic nitrogens is 2. The summed E-state index contributed by atoms with van der Waals surface area (Å²) in [5, 5.41) is 15.2. The van der Waals surface area contributed by atoms with Crippen molar-refractivity contribution in [2.45, 2.75) is 19.8 Å². The van der Waals surface area contributed by atoms with E-state index < -0.39 is 0 Å². The van der Waals surface area contributed by atoms with Gasteiger partial charge in [-0.15, -0.1) is 0 Å². The fourth-order valence-corrected chi connectivity index (χ4v) is 2.66. The second kappa shape index (κ2) is 4.77. The Morgan fingerprint density at radius 3 is 2.83 bits per heavy atom.